The van der Waals surface area contributed by atoms with E-state index in [4.69, 9.17) is 0 Å². The van der Waals surface area contributed by atoms with Crippen LogP contribution < -0.4 is 0 Å². The molecular weight excluding hydrogens is 463 g/mol. The van der Waals surface area contributed by atoms with Gasteiger partial charge in [0.15, 0.2) is 9.84 Å². The fourth-order valence-corrected chi connectivity index (χ4v) is 7.18. The first kappa shape index (κ1) is 24.0. The van der Waals surface area contributed by atoms with Gasteiger partial charge in [-0.05, 0) is 79.1 Å². The summed E-state index contributed by atoms with van der Waals surface area (Å²) in [4.78, 5) is 15.2. The Bertz CT molecular complexity index is 1320. The van der Waals surface area contributed by atoms with Crippen molar-refractivity contribution in [1.82, 2.24) is 9.47 Å². The second kappa shape index (κ2) is 9.76. The van der Waals surface area contributed by atoms with E-state index in [0.29, 0.717) is 11.8 Å². The number of aromatic nitrogens is 1. The SMILES string of the molecule is Cn1cc(C2CCN(C(=O)C3CCCCC3)CC2)c2cc(CS(=O)(=O)c3ccc(F)cc3)ccc21. The van der Waals surface area contributed by atoms with Gasteiger partial charge < -0.3 is 9.47 Å². The van der Waals surface area contributed by atoms with E-state index in [-0.39, 0.29) is 16.6 Å². The summed E-state index contributed by atoms with van der Waals surface area (Å²) in [6, 6.07) is 10.8. The largest absolute Gasteiger partial charge is 0.350 e. The summed E-state index contributed by atoms with van der Waals surface area (Å²) in [5.41, 5.74) is 3.02. The third kappa shape index (κ3) is 5.01. The maximum atomic E-state index is 13.2. The molecule has 7 heteroatoms. The van der Waals surface area contributed by atoms with Crippen molar-refractivity contribution >= 4 is 26.6 Å². The van der Waals surface area contributed by atoms with Crippen molar-refractivity contribution in [3.63, 3.8) is 0 Å². The molecule has 1 aliphatic carbocycles. The topological polar surface area (TPSA) is 59.4 Å². The second-order valence-corrected chi connectivity index (χ2v) is 12.2. The fraction of sp³-hybridized carbons (Fsp3) is 0.464. The molecule has 2 aliphatic rings. The Kier molecular flexibility index (Phi) is 6.71. The molecular formula is C28H33FN2O3S. The number of carbonyl (C=O) groups is 1. The van der Waals surface area contributed by atoms with Crippen LogP contribution in [0.5, 0.6) is 0 Å². The maximum absolute atomic E-state index is 13.2. The summed E-state index contributed by atoms with van der Waals surface area (Å²) < 4.78 is 41.2. The average Bonchev–Trinajstić information content (AvgIpc) is 3.20. The molecule has 1 saturated carbocycles. The highest BCUT2D eigenvalue weighted by molar-refractivity contribution is 7.90. The number of amides is 1. The molecule has 5 rings (SSSR count). The van der Waals surface area contributed by atoms with Gasteiger partial charge in [0.1, 0.15) is 5.82 Å². The molecule has 186 valence electrons. The molecule has 5 nitrogen and oxygen atoms in total. The van der Waals surface area contributed by atoms with Crippen LogP contribution in [0.15, 0.2) is 53.6 Å². The molecule has 1 saturated heterocycles. The van der Waals surface area contributed by atoms with Crippen molar-refractivity contribution in [2.75, 3.05) is 13.1 Å². The Labute approximate surface area is 206 Å². The number of aryl methyl sites for hydroxylation is 1. The van der Waals surface area contributed by atoms with Crippen LogP contribution in [0.3, 0.4) is 0 Å². The molecule has 1 aromatic heterocycles. The molecule has 0 radical (unpaired) electrons. The molecule has 2 fully saturated rings. The molecule has 1 aliphatic heterocycles. The van der Waals surface area contributed by atoms with Crippen LogP contribution in [0, 0.1) is 11.7 Å². The number of benzene rings is 2. The lowest BCUT2D eigenvalue weighted by atomic mass is 9.85. The minimum Gasteiger partial charge on any atom is -0.350 e. The maximum Gasteiger partial charge on any atom is 0.225 e. The lowest BCUT2D eigenvalue weighted by molar-refractivity contribution is -0.137. The van der Waals surface area contributed by atoms with Crippen molar-refractivity contribution in [3.05, 3.63) is 65.6 Å². The number of piperidine rings is 1. The van der Waals surface area contributed by atoms with Gasteiger partial charge in [0, 0.05) is 43.2 Å². The smallest absolute Gasteiger partial charge is 0.225 e. The molecule has 1 amide bonds. The van der Waals surface area contributed by atoms with Gasteiger partial charge in [-0.1, -0.05) is 25.3 Å². The van der Waals surface area contributed by atoms with E-state index in [1.165, 1.54) is 49.1 Å². The third-order valence-corrected chi connectivity index (χ3v) is 9.52. The second-order valence-electron chi connectivity index (χ2n) is 10.2. The molecule has 2 heterocycles. The first-order valence-corrected chi connectivity index (χ1v) is 14.3. The van der Waals surface area contributed by atoms with Crippen LogP contribution in [-0.2, 0) is 27.4 Å². The van der Waals surface area contributed by atoms with Crippen LogP contribution >= 0.6 is 0 Å². The van der Waals surface area contributed by atoms with Gasteiger partial charge in [-0.3, -0.25) is 4.79 Å². The number of nitrogens with zero attached hydrogens (tertiary/aromatic N) is 2. The van der Waals surface area contributed by atoms with Gasteiger partial charge in [0.05, 0.1) is 10.6 Å². The summed E-state index contributed by atoms with van der Waals surface area (Å²) in [5, 5.41) is 1.08. The Morgan fingerprint density at radius 1 is 0.971 bits per heavy atom. The van der Waals surface area contributed by atoms with Crippen LogP contribution in [-0.4, -0.2) is 36.9 Å². The Hall–Kier alpha value is -2.67. The van der Waals surface area contributed by atoms with Crippen molar-refractivity contribution < 1.29 is 17.6 Å². The Balaban J connectivity index is 1.33. The molecule has 0 atom stereocenters. The van der Waals surface area contributed by atoms with Crippen LogP contribution in [0.4, 0.5) is 4.39 Å². The van der Waals surface area contributed by atoms with Crippen molar-refractivity contribution in [2.45, 2.75) is 61.5 Å². The zero-order valence-electron chi connectivity index (χ0n) is 20.2. The van der Waals surface area contributed by atoms with E-state index in [1.54, 1.807) is 0 Å². The van der Waals surface area contributed by atoms with E-state index in [2.05, 4.69) is 15.7 Å². The minimum absolute atomic E-state index is 0.127. The lowest BCUT2D eigenvalue weighted by Gasteiger charge is -2.35. The number of carbonyl (C=O) groups excluding carboxylic acids is 1. The van der Waals surface area contributed by atoms with E-state index in [0.717, 1.165) is 55.2 Å². The Morgan fingerprint density at radius 3 is 2.34 bits per heavy atom. The van der Waals surface area contributed by atoms with Gasteiger partial charge in [0.2, 0.25) is 5.91 Å². The van der Waals surface area contributed by atoms with E-state index in [1.807, 2.05) is 25.2 Å². The number of fused-ring (bicyclic) bond motifs is 1. The zero-order chi connectivity index (χ0) is 24.6. The summed E-state index contributed by atoms with van der Waals surface area (Å²) in [7, 11) is -1.56. The quantitative estimate of drug-likeness (QED) is 0.434. The molecule has 35 heavy (non-hydrogen) atoms. The zero-order valence-corrected chi connectivity index (χ0v) is 21.1. The molecule has 2 aromatic carbocycles. The summed E-state index contributed by atoms with van der Waals surface area (Å²) in [6.07, 6.45) is 9.67. The van der Waals surface area contributed by atoms with Crippen LogP contribution in [0.25, 0.3) is 10.9 Å². The van der Waals surface area contributed by atoms with Gasteiger partial charge >= 0.3 is 0 Å². The monoisotopic (exact) mass is 496 g/mol. The Morgan fingerprint density at radius 2 is 1.66 bits per heavy atom. The highest BCUT2D eigenvalue weighted by Gasteiger charge is 2.30. The molecule has 0 N–H and O–H groups in total. The summed E-state index contributed by atoms with van der Waals surface area (Å²) in [6.45, 7) is 1.57. The number of rotatable bonds is 5. The number of halogens is 1. The summed E-state index contributed by atoms with van der Waals surface area (Å²) >= 11 is 0. The number of sulfone groups is 1. The average molecular weight is 497 g/mol. The van der Waals surface area contributed by atoms with Crippen LogP contribution in [0.2, 0.25) is 0 Å². The van der Waals surface area contributed by atoms with Crippen molar-refractivity contribution in [3.8, 4) is 0 Å². The molecule has 0 spiro atoms. The van der Waals surface area contributed by atoms with Gasteiger partial charge in [0.25, 0.3) is 0 Å². The van der Waals surface area contributed by atoms with E-state index >= 15 is 0 Å². The van der Waals surface area contributed by atoms with Crippen molar-refractivity contribution in [2.24, 2.45) is 13.0 Å². The minimum atomic E-state index is -3.57. The molecule has 0 unspecified atom stereocenters. The van der Waals surface area contributed by atoms with Crippen molar-refractivity contribution in [1.29, 1.82) is 0 Å². The van der Waals surface area contributed by atoms with Gasteiger partial charge in [-0.25, -0.2) is 12.8 Å². The highest BCUT2D eigenvalue weighted by Crippen LogP contribution is 2.36. The predicted octanol–water partition coefficient (Wildman–Crippen LogP) is 5.58. The predicted molar refractivity (Wildman–Crippen MR) is 135 cm³/mol. The highest BCUT2D eigenvalue weighted by atomic mass is 32.2. The number of hydrogen-bond acceptors (Lipinski definition) is 3. The lowest BCUT2D eigenvalue weighted by Crippen LogP contribution is -2.41. The standard InChI is InChI=1S/C28H33FN2O3S/c1-30-18-26(21-13-15-31(16-14-21)28(32)22-5-3-2-4-6-22)25-17-20(7-12-27(25)30)19-35(33,34)24-10-8-23(29)9-11-24/h7-12,17-18,21-22H,2-6,13-16,19H2,1H3. The molecule has 0 bridgehead atoms. The first-order chi connectivity index (χ1) is 16.8. The fourth-order valence-electron chi connectivity index (χ4n) is 5.85. The van der Waals surface area contributed by atoms with E-state index < -0.39 is 15.7 Å². The number of likely N-dealkylation sites (tertiary alicyclic amines) is 1. The normalized spacial score (nSPS) is 18.3. The molecule has 3 aromatic rings. The third-order valence-electron chi connectivity index (χ3n) is 7.82. The van der Waals surface area contributed by atoms with E-state index in [9.17, 15) is 17.6 Å². The first-order valence-electron chi connectivity index (χ1n) is 12.7. The van der Waals surface area contributed by atoms with Gasteiger partial charge in [-0.2, -0.15) is 0 Å². The van der Waals surface area contributed by atoms with Crippen LogP contribution in [0.1, 0.15) is 62.0 Å². The number of hydrogen-bond donors (Lipinski definition) is 0. The van der Waals surface area contributed by atoms with Gasteiger partial charge in [-0.15, -0.1) is 0 Å². The summed E-state index contributed by atoms with van der Waals surface area (Å²) in [5.74, 6) is 0.318.